The standard InChI is InChI=1S/C23H25F2N5O3/c1-15(17-5-9-19(25)10-6-17)28-12-20-29(14-22(28)32)21(31)13-27(2)30(20)23(33)26-11-16-3-7-18(24)8-4-16/h3-10,15,20H,11-14H2,1-2H3,(H,26,33). The predicted octanol–water partition coefficient (Wildman–Crippen LogP) is 2.09. The molecule has 0 bridgehead atoms. The molecule has 174 valence electrons. The highest BCUT2D eigenvalue weighted by atomic mass is 19.1. The van der Waals surface area contributed by atoms with Crippen molar-refractivity contribution in [3.63, 3.8) is 0 Å². The summed E-state index contributed by atoms with van der Waals surface area (Å²) in [5, 5.41) is 5.76. The molecule has 1 N–H and O–H groups in total. The smallest absolute Gasteiger partial charge is 0.333 e. The van der Waals surface area contributed by atoms with Crippen LogP contribution in [0.25, 0.3) is 0 Å². The normalized spacial score (nSPS) is 20.0. The molecule has 0 aromatic heterocycles. The largest absolute Gasteiger partial charge is 0.334 e. The fraction of sp³-hybridized carbons (Fsp3) is 0.348. The minimum absolute atomic E-state index is 0.0404. The molecule has 2 aliphatic rings. The SMILES string of the molecule is CC(c1ccc(F)cc1)N1CC2N(CC1=O)C(=O)CN(C)N2C(=O)NCc1ccc(F)cc1. The zero-order valence-corrected chi connectivity index (χ0v) is 18.4. The summed E-state index contributed by atoms with van der Waals surface area (Å²) in [6.07, 6.45) is -0.690. The molecule has 4 amide bonds. The average molecular weight is 457 g/mol. The van der Waals surface area contributed by atoms with Gasteiger partial charge in [0.25, 0.3) is 0 Å². The molecule has 0 saturated carbocycles. The van der Waals surface area contributed by atoms with Gasteiger partial charge in [0.15, 0.2) is 0 Å². The highest BCUT2D eigenvalue weighted by Gasteiger charge is 2.46. The lowest BCUT2D eigenvalue weighted by Gasteiger charge is -2.52. The summed E-state index contributed by atoms with van der Waals surface area (Å²) in [4.78, 5) is 41.6. The first kappa shape index (κ1) is 22.7. The Balaban J connectivity index is 1.53. The number of likely N-dealkylation sites (N-methyl/N-ethyl adjacent to an activating group) is 1. The van der Waals surface area contributed by atoms with Gasteiger partial charge in [-0.3, -0.25) is 9.59 Å². The van der Waals surface area contributed by atoms with Gasteiger partial charge >= 0.3 is 6.03 Å². The van der Waals surface area contributed by atoms with Gasteiger partial charge in [0, 0.05) is 13.6 Å². The number of nitrogens with zero attached hydrogens (tertiary/aromatic N) is 4. The summed E-state index contributed by atoms with van der Waals surface area (Å²) >= 11 is 0. The zero-order valence-electron chi connectivity index (χ0n) is 18.4. The molecule has 33 heavy (non-hydrogen) atoms. The fourth-order valence-corrected chi connectivity index (χ4v) is 4.22. The van der Waals surface area contributed by atoms with Gasteiger partial charge in [-0.2, -0.15) is 0 Å². The van der Waals surface area contributed by atoms with Crippen molar-refractivity contribution in [1.29, 1.82) is 0 Å². The second-order valence-corrected chi connectivity index (χ2v) is 8.22. The molecule has 2 aromatic rings. The van der Waals surface area contributed by atoms with E-state index in [4.69, 9.17) is 0 Å². The summed E-state index contributed by atoms with van der Waals surface area (Å²) in [6.45, 7) is 1.93. The Kier molecular flexibility index (Phi) is 6.28. The van der Waals surface area contributed by atoms with E-state index in [-0.39, 0.29) is 55.7 Å². The number of hydrogen-bond donors (Lipinski definition) is 1. The van der Waals surface area contributed by atoms with Gasteiger partial charge in [-0.1, -0.05) is 24.3 Å². The number of carbonyl (C=O) groups excluding carboxylic acids is 3. The molecule has 8 nitrogen and oxygen atoms in total. The van der Waals surface area contributed by atoms with Crippen LogP contribution >= 0.6 is 0 Å². The van der Waals surface area contributed by atoms with Gasteiger partial charge in [-0.05, 0) is 42.3 Å². The van der Waals surface area contributed by atoms with Gasteiger partial charge < -0.3 is 15.1 Å². The van der Waals surface area contributed by atoms with Crippen molar-refractivity contribution in [2.75, 3.05) is 26.7 Å². The number of urea groups is 1. The quantitative estimate of drug-likeness (QED) is 0.763. The number of halogens is 2. The van der Waals surface area contributed by atoms with E-state index in [0.29, 0.717) is 0 Å². The number of hydrazine groups is 1. The summed E-state index contributed by atoms with van der Waals surface area (Å²) in [7, 11) is 1.64. The van der Waals surface area contributed by atoms with Crippen LogP contribution in [0.1, 0.15) is 24.1 Å². The first-order chi connectivity index (χ1) is 15.7. The van der Waals surface area contributed by atoms with Crippen LogP contribution in [-0.2, 0) is 16.1 Å². The Hall–Kier alpha value is -3.53. The number of amides is 4. The van der Waals surface area contributed by atoms with E-state index in [1.807, 2.05) is 6.92 Å². The third kappa shape index (κ3) is 4.65. The molecular weight excluding hydrogens is 432 g/mol. The Morgan fingerprint density at radius 3 is 2.24 bits per heavy atom. The molecular formula is C23H25F2N5O3. The minimum Gasteiger partial charge on any atom is -0.333 e. The van der Waals surface area contributed by atoms with Crippen LogP contribution in [-0.4, -0.2) is 70.5 Å². The van der Waals surface area contributed by atoms with E-state index in [0.717, 1.165) is 11.1 Å². The van der Waals surface area contributed by atoms with Crippen LogP contribution in [0.5, 0.6) is 0 Å². The lowest BCUT2D eigenvalue weighted by molar-refractivity contribution is -0.180. The second kappa shape index (κ2) is 9.14. The summed E-state index contributed by atoms with van der Waals surface area (Å²) in [6, 6.07) is 10.9. The number of piperazine rings is 1. The predicted molar refractivity (Wildman–Crippen MR) is 115 cm³/mol. The van der Waals surface area contributed by atoms with Crippen molar-refractivity contribution in [1.82, 2.24) is 25.1 Å². The highest BCUT2D eigenvalue weighted by molar-refractivity contribution is 5.89. The maximum absolute atomic E-state index is 13.3. The molecule has 2 atom stereocenters. The van der Waals surface area contributed by atoms with Crippen LogP contribution in [0.3, 0.4) is 0 Å². The number of rotatable bonds is 4. The van der Waals surface area contributed by atoms with Crippen molar-refractivity contribution in [3.8, 4) is 0 Å². The van der Waals surface area contributed by atoms with E-state index in [1.165, 1.54) is 39.2 Å². The topological polar surface area (TPSA) is 76.2 Å². The van der Waals surface area contributed by atoms with Crippen molar-refractivity contribution in [2.45, 2.75) is 25.7 Å². The van der Waals surface area contributed by atoms with E-state index in [2.05, 4.69) is 5.32 Å². The Labute approximate surface area is 190 Å². The zero-order chi connectivity index (χ0) is 23.7. The number of hydrogen-bond acceptors (Lipinski definition) is 4. The van der Waals surface area contributed by atoms with Crippen LogP contribution in [0.2, 0.25) is 0 Å². The molecule has 4 rings (SSSR count). The van der Waals surface area contributed by atoms with Gasteiger partial charge in [0.05, 0.1) is 19.1 Å². The molecule has 0 radical (unpaired) electrons. The third-order valence-electron chi connectivity index (χ3n) is 6.07. The minimum atomic E-state index is -0.690. The summed E-state index contributed by atoms with van der Waals surface area (Å²) in [5.41, 5.74) is 1.48. The van der Waals surface area contributed by atoms with Gasteiger partial charge in [-0.15, -0.1) is 0 Å². The average Bonchev–Trinajstić information content (AvgIpc) is 2.79. The third-order valence-corrected chi connectivity index (χ3v) is 6.07. The Morgan fingerprint density at radius 2 is 1.61 bits per heavy atom. The van der Waals surface area contributed by atoms with Gasteiger partial charge in [0.1, 0.15) is 24.3 Å². The van der Waals surface area contributed by atoms with Gasteiger partial charge in [0.2, 0.25) is 11.8 Å². The molecule has 2 heterocycles. The van der Waals surface area contributed by atoms with E-state index in [1.54, 1.807) is 36.2 Å². The van der Waals surface area contributed by atoms with Crippen LogP contribution < -0.4 is 5.32 Å². The van der Waals surface area contributed by atoms with E-state index < -0.39 is 12.2 Å². The van der Waals surface area contributed by atoms with Crippen molar-refractivity contribution in [2.24, 2.45) is 0 Å². The molecule has 2 unspecified atom stereocenters. The van der Waals surface area contributed by atoms with Crippen molar-refractivity contribution >= 4 is 17.8 Å². The van der Waals surface area contributed by atoms with Crippen molar-refractivity contribution < 1.29 is 23.2 Å². The lowest BCUT2D eigenvalue weighted by Crippen LogP contribution is -2.73. The molecule has 2 aliphatic heterocycles. The summed E-state index contributed by atoms with van der Waals surface area (Å²) < 4.78 is 26.5. The first-order valence-corrected chi connectivity index (χ1v) is 10.6. The van der Waals surface area contributed by atoms with Gasteiger partial charge in [-0.25, -0.2) is 23.6 Å². The highest BCUT2D eigenvalue weighted by Crippen LogP contribution is 2.28. The Morgan fingerprint density at radius 1 is 1.00 bits per heavy atom. The summed E-state index contributed by atoms with van der Waals surface area (Å²) in [5.74, 6) is -1.22. The monoisotopic (exact) mass is 457 g/mol. The lowest BCUT2D eigenvalue weighted by atomic mass is 10.0. The van der Waals surface area contributed by atoms with E-state index in [9.17, 15) is 23.2 Å². The number of carbonyl (C=O) groups is 3. The molecule has 0 spiro atoms. The molecule has 0 aliphatic carbocycles. The maximum atomic E-state index is 13.3. The number of fused-ring (bicyclic) bond motifs is 1. The number of nitrogens with one attached hydrogen (secondary N) is 1. The molecule has 2 fully saturated rings. The van der Waals surface area contributed by atoms with E-state index >= 15 is 0 Å². The van der Waals surface area contributed by atoms with Crippen LogP contribution in [0.4, 0.5) is 13.6 Å². The van der Waals surface area contributed by atoms with Crippen LogP contribution in [0, 0.1) is 11.6 Å². The molecule has 10 heteroatoms. The Bertz CT molecular complexity index is 1050. The molecule has 2 saturated heterocycles. The van der Waals surface area contributed by atoms with Crippen molar-refractivity contribution in [3.05, 3.63) is 71.3 Å². The van der Waals surface area contributed by atoms with Crippen LogP contribution in [0.15, 0.2) is 48.5 Å². The second-order valence-electron chi connectivity index (χ2n) is 8.22. The maximum Gasteiger partial charge on any atom is 0.334 e. The molecule has 2 aromatic carbocycles. The number of benzene rings is 2. The fourth-order valence-electron chi connectivity index (χ4n) is 4.22. The first-order valence-electron chi connectivity index (χ1n) is 10.6.